The zero-order valence-electron chi connectivity index (χ0n) is 16.6. The number of hydrogen-bond acceptors (Lipinski definition) is 4. The summed E-state index contributed by atoms with van der Waals surface area (Å²) in [5.74, 6) is -0.196. The van der Waals surface area contributed by atoms with Crippen LogP contribution >= 0.6 is 22.6 Å². The highest BCUT2D eigenvalue weighted by atomic mass is 127. The largest absolute Gasteiger partial charge is 0.497 e. The second-order valence-corrected chi connectivity index (χ2v) is 8.33. The number of primary amides is 1. The maximum absolute atomic E-state index is 13.6. The normalized spacial score (nSPS) is 15.8. The summed E-state index contributed by atoms with van der Waals surface area (Å²) in [6.07, 6.45) is 0.746. The third-order valence-corrected chi connectivity index (χ3v) is 6.08. The van der Waals surface area contributed by atoms with Gasteiger partial charge in [0.2, 0.25) is 0 Å². The predicted molar refractivity (Wildman–Crippen MR) is 123 cm³/mol. The summed E-state index contributed by atoms with van der Waals surface area (Å²) in [5, 5.41) is 4.46. The summed E-state index contributed by atoms with van der Waals surface area (Å²) in [4.78, 5) is 27.5. The molecule has 1 aliphatic heterocycles. The standard InChI is InChI=1S/C22H21IN4O3/c1-3-13-12-26(15-6-4-14(23)5-7-15)22(29)20-18(13)19(21(24)28)25-27(20)16-8-10-17(30-2)11-9-16/h4-11,13H,3,12H2,1-2H3,(H2,24,28). The van der Waals surface area contributed by atoms with Crippen LogP contribution in [0.4, 0.5) is 5.69 Å². The van der Waals surface area contributed by atoms with Crippen molar-refractivity contribution in [2.75, 3.05) is 18.6 Å². The van der Waals surface area contributed by atoms with Gasteiger partial charge >= 0.3 is 0 Å². The number of carbonyl (C=O) groups excluding carboxylic acids is 2. The molecule has 0 radical (unpaired) electrons. The van der Waals surface area contributed by atoms with Crippen molar-refractivity contribution >= 4 is 40.1 Å². The maximum Gasteiger partial charge on any atom is 0.277 e. The molecule has 0 bridgehead atoms. The fourth-order valence-corrected chi connectivity index (χ4v) is 4.17. The van der Waals surface area contributed by atoms with Crippen LogP contribution in [0.2, 0.25) is 0 Å². The van der Waals surface area contributed by atoms with Gasteiger partial charge < -0.3 is 15.4 Å². The highest BCUT2D eigenvalue weighted by Gasteiger charge is 2.39. The molecule has 0 spiro atoms. The van der Waals surface area contributed by atoms with Gasteiger partial charge in [0, 0.05) is 27.3 Å². The maximum atomic E-state index is 13.6. The van der Waals surface area contributed by atoms with Gasteiger partial charge in [-0.25, -0.2) is 4.68 Å². The minimum Gasteiger partial charge on any atom is -0.497 e. The highest BCUT2D eigenvalue weighted by Crippen LogP contribution is 2.37. The van der Waals surface area contributed by atoms with E-state index in [-0.39, 0.29) is 17.5 Å². The number of anilines is 1. The number of hydrogen-bond donors (Lipinski definition) is 1. The number of benzene rings is 2. The van der Waals surface area contributed by atoms with Crippen LogP contribution in [0, 0.1) is 3.57 Å². The second kappa shape index (κ2) is 8.10. The van der Waals surface area contributed by atoms with Crippen molar-refractivity contribution in [3.63, 3.8) is 0 Å². The van der Waals surface area contributed by atoms with Crippen LogP contribution in [0.15, 0.2) is 48.5 Å². The predicted octanol–water partition coefficient (Wildman–Crippen LogP) is 3.74. The van der Waals surface area contributed by atoms with Crippen LogP contribution in [-0.4, -0.2) is 35.2 Å². The Balaban J connectivity index is 1.90. The number of halogens is 1. The highest BCUT2D eigenvalue weighted by molar-refractivity contribution is 14.1. The van der Waals surface area contributed by atoms with Crippen molar-refractivity contribution in [3.05, 3.63) is 69.1 Å². The van der Waals surface area contributed by atoms with E-state index < -0.39 is 5.91 Å². The Morgan fingerprint density at radius 2 is 1.80 bits per heavy atom. The molecule has 30 heavy (non-hydrogen) atoms. The monoisotopic (exact) mass is 516 g/mol. The third-order valence-electron chi connectivity index (χ3n) is 5.36. The van der Waals surface area contributed by atoms with Crippen molar-refractivity contribution in [2.45, 2.75) is 19.3 Å². The fourth-order valence-electron chi connectivity index (χ4n) is 3.81. The topological polar surface area (TPSA) is 90.5 Å². The van der Waals surface area contributed by atoms with Gasteiger partial charge in [0.15, 0.2) is 5.69 Å². The smallest absolute Gasteiger partial charge is 0.277 e. The average molecular weight is 516 g/mol. The lowest BCUT2D eigenvalue weighted by atomic mass is 9.89. The number of ether oxygens (including phenoxy) is 1. The lowest BCUT2D eigenvalue weighted by Crippen LogP contribution is -2.41. The fraction of sp³-hybridized carbons (Fsp3) is 0.227. The molecule has 154 valence electrons. The minimum atomic E-state index is -0.632. The third kappa shape index (κ3) is 3.45. The van der Waals surface area contributed by atoms with E-state index in [9.17, 15) is 9.59 Å². The van der Waals surface area contributed by atoms with E-state index >= 15 is 0 Å². The molecule has 1 aromatic heterocycles. The summed E-state index contributed by atoms with van der Waals surface area (Å²) in [6, 6.07) is 15.0. The van der Waals surface area contributed by atoms with Gasteiger partial charge in [0.1, 0.15) is 11.4 Å². The number of methoxy groups -OCH3 is 1. The molecule has 0 fully saturated rings. The van der Waals surface area contributed by atoms with Gasteiger partial charge in [-0.3, -0.25) is 9.59 Å². The van der Waals surface area contributed by atoms with E-state index in [2.05, 4.69) is 27.7 Å². The first-order valence-corrected chi connectivity index (χ1v) is 10.7. The molecule has 4 rings (SSSR count). The van der Waals surface area contributed by atoms with Gasteiger partial charge in [-0.2, -0.15) is 5.10 Å². The zero-order chi connectivity index (χ0) is 21.4. The molecule has 7 nitrogen and oxygen atoms in total. The number of nitrogens with zero attached hydrogens (tertiary/aromatic N) is 3. The summed E-state index contributed by atoms with van der Waals surface area (Å²) >= 11 is 2.23. The lowest BCUT2D eigenvalue weighted by Gasteiger charge is -2.33. The molecule has 0 aliphatic carbocycles. The molecule has 1 atom stereocenters. The number of carbonyl (C=O) groups is 2. The summed E-state index contributed by atoms with van der Waals surface area (Å²) in [7, 11) is 1.59. The average Bonchev–Trinajstić information content (AvgIpc) is 3.17. The van der Waals surface area contributed by atoms with Gasteiger partial charge in [-0.1, -0.05) is 6.92 Å². The zero-order valence-corrected chi connectivity index (χ0v) is 18.8. The Bertz CT molecular complexity index is 1110. The van der Waals surface area contributed by atoms with Crippen molar-refractivity contribution in [3.8, 4) is 11.4 Å². The molecule has 2 heterocycles. The number of fused-ring (bicyclic) bond motifs is 1. The van der Waals surface area contributed by atoms with E-state index in [1.165, 1.54) is 4.68 Å². The summed E-state index contributed by atoms with van der Waals surface area (Å²) in [6.45, 7) is 2.50. The van der Waals surface area contributed by atoms with Crippen molar-refractivity contribution < 1.29 is 14.3 Å². The Morgan fingerprint density at radius 3 is 2.37 bits per heavy atom. The molecule has 3 aromatic rings. The van der Waals surface area contributed by atoms with Gasteiger partial charge in [0.05, 0.1) is 12.8 Å². The molecule has 8 heteroatoms. The lowest BCUT2D eigenvalue weighted by molar-refractivity contribution is 0.0968. The summed E-state index contributed by atoms with van der Waals surface area (Å²) in [5.41, 5.74) is 8.28. The number of amides is 2. The quantitative estimate of drug-likeness (QED) is 0.524. The molecule has 2 amide bonds. The first-order chi connectivity index (χ1) is 14.4. The SMILES string of the molecule is CCC1CN(c2ccc(I)cc2)C(=O)c2c1c(C(N)=O)nn2-c1ccc(OC)cc1. The Morgan fingerprint density at radius 1 is 1.17 bits per heavy atom. The Kier molecular flexibility index (Phi) is 5.50. The Hall–Kier alpha value is -2.88. The number of rotatable bonds is 5. The van der Waals surface area contributed by atoms with Gasteiger partial charge in [-0.15, -0.1) is 0 Å². The van der Waals surface area contributed by atoms with E-state index in [4.69, 9.17) is 10.5 Å². The summed E-state index contributed by atoms with van der Waals surface area (Å²) < 4.78 is 7.84. The first kappa shape index (κ1) is 20.4. The van der Waals surface area contributed by atoms with Gasteiger partial charge in [-0.05, 0) is 77.5 Å². The van der Waals surface area contributed by atoms with Gasteiger partial charge in [0.25, 0.3) is 11.8 Å². The van der Waals surface area contributed by atoms with Crippen LogP contribution in [-0.2, 0) is 0 Å². The van der Waals surface area contributed by atoms with E-state index in [0.29, 0.717) is 29.2 Å². The molecule has 1 aliphatic rings. The minimum absolute atomic E-state index is 0.0496. The van der Waals surface area contributed by atoms with E-state index in [1.807, 2.05) is 31.2 Å². The van der Waals surface area contributed by atoms with Crippen molar-refractivity contribution in [1.29, 1.82) is 0 Å². The molecular formula is C22H21IN4O3. The molecule has 0 saturated heterocycles. The van der Waals surface area contributed by atoms with Crippen LogP contribution in [0.25, 0.3) is 5.69 Å². The molecule has 1 unspecified atom stereocenters. The van der Waals surface area contributed by atoms with Crippen LogP contribution in [0.1, 0.15) is 45.8 Å². The molecule has 2 N–H and O–H groups in total. The van der Waals surface area contributed by atoms with Crippen molar-refractivity contribution in [2.24, 2.45) is 5.73 Å². The molecule has 2 aromatic carbocycles. The molecular weight excluding hydrogens is 495 g/mol. The Labute approximate surface area is 187 Å². The van der Waals surface area contributed by atoms with E-state index in [1.54, 1.807) is 36.3 Å². The number of nitrogens with two attached hydrogens (primary N) is 1. The van der Waals surface area contributed by atoms with Crippen LogP contribution in [0.5, 0.6) is 5.75 Å². The van der Waals surface area contributed by atoms with Crippen LogP contribution in [0.3, 0.4) is 0 Å². The second-order valence-electron chi connectivity index (χ2n) is 7.08. The van der Waals surface area contributed by atoms with Crippen molar-refractivity contribution in [1.82, 2.24) is 9.78 Å². The first-order valence-electron chi connectivity index (χ1n) is 9.59. The molecule has 0 saturated carbocycles. The van der Waals surface area contributed by atoms with E-state index in [0.717, 1.165) is 15.7 Å². The van der Waals surface area contributed by atoms with Crippen LogP contribution < -0.4 is 15.4 Å². The number of aromatic nitrogens is 2.